The minimum atomic E-state index is -1.04. The Bertz CT molecular complexity index is 2090. The number of aliphatic hydroxyl groups is 2. The van der Waals surface area contributed by atoms with Crippen LogP contribution in [0.1, 0.15) is 55.6 Å². The molecule has 6 aromatic rings. The Morgan fingerprint density at radius 3 is 1.08 bits per heavy atom. The highest BCUT2D eigenvalue weighted by Gasteiger charge is 2.29. The van der Waals surface area contributed by atoms with E-state index < -0.39 is 15.8 Å². The summed E-state index contributed by atoms with van der Waals surface area (Å²) in [5.41, 5.74) is 13.8. The predicted molar refractivity (Wildman–Crippen MR) is 219 cm³/mol. The van der Waals surface area contributed by atoms with Gasteiger partial charge in [0.05, 0.1) is 13.2 Å². The van der Waals surface area contributed by atoms with Crippen molar-refractivity contribution >= 4 is 47.7 Å². The molecule has 50 heavy (non-hydrogen) atoms. The number of aliphatic hydroxyl groups excluding tert-OH is 2. The third kappa shape index (κ3) is 7.42. The smallest absolute Gasteiger partial charge is 0.0688 e. The minimum Gasteiger partial charge on any atom is -0.392 e. The molecule has 0 aliphatic heterocycles. The van der Waals surface area contributed by atoms with Crippen LogP contribution in [0, 0.1) is 55.4 Å². The summed E-state index contributed by atoms with van der Waals surface area (Å²) >= 11 is 0. The summed E-state index contributed by atoms with van der Waals surface area (Å²) in [6, 6.07) is 40.5. The average molecular weight is 695 g/mol. The van der Waals surface area contributed by atoms with Gasteiger partial charge in [0.25, 0.3) is 0 Å². The van der Waals surface area contributed by atoms with Gasteiger partial charge in [-0.2, -0.15) is 0 Å². The molecule has 0 aliphatic carbocycles. The van der Waals surface area contributed by atoms with Gasteiger partial charge in [0.2, 0.25) is 0 Å². The van der Waals surface area contributed by atoms with Crippen molar-refractivity contribution in [1.82, 2.24) is 0 Å². The van der Waals surface area contributed by atoms with E-state index in [4.69, 9.17) is 0 Å². The SMILES string of the molecule is Cc1cc(C)cc(P(c2cc(C)cc(C)c2)c2cccc(CO)c2-c2c(CO)cccc2P(c2cc(C)cc(C)c2)c2ccc(C)c(C)c2)c1. The third-order valence-electron chi connectivity index (χ3n) is 9.47. The summed E-state index contributed by atoms with van der Waals surface area (Å²) in [5, 5.41) is 29.8. The second kappa shape index (κ2) is 15.1. The Hall–Kier alpha value is -3.90. The van der Waals surface area contributed by atoms with E-state index in [-0.39, 0.29) is 13.2 Å². The van der Waals surface area contributed by atoms with Gasteiger partial charge in [-0.05, 0) is 136 Å². The van der Waals surface area contributed by atoms with E-state index in [1.165, 1.54) is 76.3 Å². The first-order chi connectivity index (χ1) is 24.0. The van der Waals surface area contributed by atoms with Crippen LogP contribution in [0.5, 0.6) is 0 Å². The van der Waals surface area contributed by atoms with Gasteiger partial charge in [-0.15, -0.1) is 0 Å². The molecule has 2 nitrogen and oxygen atoms in total. The molecule has 6 aromatic carbocycles. The molecule has 1 unspecified atom stereocenters. The van der Waals surface area contributed by atoms with Gasteiger partial charge in [-0.3, -0.25) is 0 Å². The van der Waals surface area contributed by atoms with Crippen molar-refractivity contribution in [3.05, 3.63) is 165 Å². The van der Waals surface area contributed by atoms with E-state index in [0.717, 1.165) is 22.3 Å². The van der Waals surface area contributed by atoms with Gasteiger partial charge in [-0.25, -0.2) is 0 Å². The molecule has 0 bridgehead atoms. The van der Waals surface area contributed by atoms with E-state index in [9.17, 15) is 10.2 Å². The molecule has 4 heteroatoms. The van der Waals surface area contributed by atoms with Crippen LogP contribution >= 0.6 is 15.8 Å². The molecule has 0 spiro atoms. The van der Waals surface area contributed by atoms with Crippen molar-refractivity contribution in [2.45, 2.75) is 68.6 Å². The molecule has 1 atom stereocenters. The standard InChI is InChI=1S/C46H48O2P2/c1-29-17-30(2)21-40(20-29)49(39-16-15-35(7)36(8)26-39)43-13-9-11-37(27-47)45(43)46-38(28-48)12-10-14-44(46)50(41-22-31(3)18-32(4)23-41)42-24-33(5)19-34(6)25-42/h9-26,47-48H,27-28H2,1-8H3. The molecule has 254 valence electrons. The summed E-state index contributed by atoms with van der Waals surface area (Å²) in [5.74, 6) is 0. The lowest BCUT2D eigenvalue weighted by molar-refractivity contribution is 0.280. The fraction of sp³-hybridized carbons (Fsp3) is 0.217. The van der Waals surface area contributed by atoms with Crippen LogP contribution in [-0.2, 0) is 13.2 Å². The van der Waals surface area contributed by atoms with Crippen LogP contribution < -0.4 is 31.8 Å². The number of hydrogen-bond donors (Lipinski definition) is 2. The van der Waals surface area contributed by atoms with Crippen LogP contribution in [0.4, 0.5) is 0 Å². The van der Waals surface area contributed by atoms with E-state index in [1.807, 2.05) is 0 Å². The Labute approximate surface area is 301 Å². The van der Waals surface area contributed by atoms with E-state index in [0.29, 0.717) is 0 Å². The number of aryl methyl sites for hydroxylation is 8. The van der Waals surface area contributed by atoms with Crippen LogP contribution in [0.25, 0.3) is 11.1 Å². The molecule has 0 aliphatic rings. The van der Waals surface area contributed by atoms with Crippen molar-refractivity contribution < 1.29 is 10.2 Å². The Morgan fingerprint density at radius 2 is 0.740 bits per heavy atom. The zero-order valence-corrected chi connectivity index (χ0v) is 32.4. The first-order valence-electron chi connectivity index (χ1n) is 17.4. The Morgan fingerprint density at radius 1 is 0.380 bits per heavy atom. The lowest BCUT2D eigenvalue weighted by atomic mass is 9.95. The molecule has 0 radical (unpaired) electrons. The Kier molecular flexibility index (Phi) is 10.9. The van der Waals surface area contributed by atoms with Crippen LogP contribution in [0.2, 0.25) is 0 Å². The normalized spacial score (nSPS) is 12.1. The molecular weight excluding hydrogens is 646 g/mol. The largest absolute Gasteiger partial charge is 0.392 e. The maximum absolute atomic E-state index is 11.1. The van der Waals surface area contributed by atoms with Crippen LogP contribution in [0.15, 0.2) is 109 Å². The first kappa shape index (κ1) is 35.9. The zero-order chi connectivity index (χ0) is 35.7. The number of benzene rings is 6. The monoisotopic (exact) mass is 694 g/mol. The topological polar surface area (TPSA) is 40.5 Å². The van der Waals surface area contributed by atoms with Crippen molar-refractivity contribution in [3.8, 4) is 11.1 Å². The molecule has 6 rings (SSSR count). The van der Waals surface area contributed by atoms with Gasteiger partial charge >= 0.3 is 0 Å². The van der Waals surface area contributed by atoms with Crippen molar-refractivity contribution in [1.29, 1.82) is 0 Å². The van der Waals surface area contributed by atoms with Crippen molar-refractivity contribution in [3.63, 3.8) is 0 Å². The van der Waals surface area contributed by atoms with Gasteiger partial charge in [0, 0.05) is 0 Å². The minimum absolute atomic E-state index is 0.101. The maximum atomic E-state index is 11.1. The lowest BCUT2D eigenvalue weighted by Gasteiger charge is -2.30. The number of rotatable bonds is 9. The molecule has 0 saturated carbocycles. The molecule has 0 fully saturated rings. The van der Waals surface area contributed by atoms with Gasteiger partial charge in [0.1, 0.15) is 0 Å². The first-order valence-corrected chi connectivity index (χ1v) is 20.0. The maximum Gasteiger partial charge on any atom is 0.0688 e. The molecule has 0 aromatic heterocycles. The number of hydrogen-bond acceptors (Lipinski definition) is 2. The average Bonchev–Trinajstić information content (AvgIpc) is 3.05. The molecule has 0 saturated heterocycles. The van der Waals surface area contributed by atoms with Gasteiger partial charge in [-0.1, -0.05) is 143 Å². The van der Waals surface area contributed by atoms with Crippen LogP contribution in [0.3, 0.4) is 0 Å². The van der Waals surface area contributed by atoms with Gasteiger partial charge < -0.3 is 10.2 Å². The summed E-state index contributed by atoms with van der Waals surface area (Å²) in [7, 11) is -2.08. The second-order valence-corrected chi connectivity index (χ2v) is 18.3. The van der Waals surface area contributed by atoms with Crippen molar-refractivity contribution in [2.24, 2.45) is 0 Å². The summed E-state index contributed by atoms with van der Waals surface area (Å²) in [4.78, 5) is 0. The molecule has 0 heterocycles. The highest BCUT2D eigenvalue weighted by atomic mass is 31.1. The molecule has 2 N–H and O–H groups in total. The highest BCUT2D eigenvalue weighted by Crippen LogP contribution is 2.44. The summed E-state index contributed by atoms with van der Waals surface area (Å²) in [6.07, 6.45) is 0. The highest BCUT2D eigenvalue weighted by molar-refractivity contribution is 7.80. The van der Waals surface area contributed by atoms with E-state index >= 15 is 0 Å². The lowest BCUT2D eigenvalue weighted by Crippen LogP contribution is -2.28. The predicted octanol–water partition coefficient (Wildman–Crippen LogP) is 8.32. The summed E-state index contributed by atoms with van der Waals surface area (Å²) in [6.45, 7) is 17.2. The quantitative estimate of drug-likeness (QED) is 0.150. The second-order valence-electron chi connectivity index (χ2n) is 13.9. The fourth-order valence-electron chi connectivity index (χ4n) is 7.35. The van der Waals surface area contributed by atoms with Gasteiger partial charge in [0.15, 0.2) is 0 Å². The fourth-order valence-corrected chi connectivity index (χ4v) is 13.0. The Balaban J connectivity index is 1.74. The van der Waals surface area contributed by atoms with E-state index in [2.05, 4.69) is 165 Å². The van der Waals surface area contributed by atoms with E-state index in [1.54, 1.807) is 0 Å². The zero-order valence-electron chi connectivity index (χ0n) is 30.6. The third-order valence-corrected chi connectivity index (χ3v) is 14.3. The van der Waals surface area contributed by atoms with Crippen LogP contribution in [-0.4, -0.2) is 10.2 Å². The molecular formula is C46H48O2P2. The van der Waals surface area contributed by atoms with Crippen molar-refractivity contribution in [2.75, 3.05) is 0 Å². The molecule has 0 amide bonds. The summed E-state index contributed by atoms with van der Waals surface area (Å²) < 4.78 is 0.